The molecular formula is C15H18BrN3O2. The third-order valence-corrected chi connectivity index (χ3v) is 4.11. The summed E-state index contributed by atoms with van der Waals surface area (Å²) in [5.41, 5.74) is 0.987. The Morgan fingerprint density at radius 1 is 1.33 bits per heavy atom. The molecule has 1 heterocycles. The van der Waals surface area contributed by atoms with Gasteiger partial charge in [0.25, 0.3) is 0 Å². The average molecular weight is 352 g/mol. The minimum atomic E-state index is -0.816. The summed E-state index contributed by atoms with van der Waals surface area (Å²) >= 11 is 3.46. The Bertz CT molecular complexity index is 625. The van der Waals surface area contributed by atoms with Crippen molar-refractivity contribution in [3.05, 3.63) is 46.5 Å². The molecule has 0 aliphatic heterocycles. The van der Waals surface area contributed by atoms with Crippen LogP contribution in [0.2, 0.25) is 0 Å². The molecule has 1 unspecified atom stereocenters. The summed E-state index contributed by atoms with van der Waals surface area (Å²) in [5, 5.41) is 13.6. The van der Waals surface area contributed by atoms with E-state index in [4.69, 9.17) is 0 Å². The number of carbonyl (C=O) groups is 1. The van der Waals surface area contributed by atoms with Gasteiger partial charge in [-0.2, -0.15) is 5.10 Å². The van der Waals surface area contributed by atoms with E-state index in [0.717, 1.165) is 10.0 Å². The fraction of sp³-hybridized carbons (Fsp3) is 0.400. The first-order chi connectivity index (χ1) is 9.99. The first-order valence-electron chi connectivity index (χ1n) is 6.83. The van der Waals surface area contributed by atoms with Crippen LogP contribution < -0.4 is 0 Å². The number of nitrogens with zero attached hydrogens (tertiary/aromatic N) is 3. The molecule has 0 fully saturated rings. The Labute approximate surface area is 132 Å². The molecule has 2 rings (SSSR count). The number of hydrogen-bond acceptors (Lipinski definition) is 3. The van der Waals surface area contributed by atoms with Gasteiger partial charge in [0.1, 0.15) is 12.2 Å². The van der Waals surface area contributed by atoms with Crippen LogP contribution in [0.15, 0.2) is 35.1 Å². The molecule has 0 saturated carbocycles. The summed E-state index contributed by atoms with van der Waals surface area (Å²) in [6.45, 7) is 4.00. The zero-order valence-corrected chi connectivity index (χ0v) is 13.6. The van der Waals surface area contributed by atoms with Crippen LogP contribution in [0, 0.1) is 5.92 Å². The van der Waals surface area contributed by atoms with Gasteiger partial charge < -0.3 is 5.11 Å². The maximum Gasteiger partial charge on any atom is 0.307 e. The molecule has 0 saturated heterocycles. The van der Waals surface area contributed by atoms with E-state index in [1.54, 1.807) is 4.68 Å². The van der Waals surface area contributed by atoms with Gasteiger partial charge in [0.15, 0.2) is 0 Å². The number of halogens is 1. The number of carboxylic acids is 1. The van der Waals surface area contributed by atoms with Crippen LogP contribution in [-0.2, 0) is 17.6 Å². The fourth-order valence-corrected chi connectivity index (χ4v) is 2.69. The second-order valence-corrected chi connectivity index (χ2v) is 6.10. The van der Waals surface area contributed by atoms with Crippen molar-refractivity contribution in [1.29, 1.82) is 0 Å². The van der Waals surface area contributed by atoms with Gasteiger partial charge in [-0.1, -0.05) is 34.1 Å². The topological polar surface area (TPSA) is 68.0 Å². The van der Waals surface area contributed by atoms with Crippen LogP contribution in [0.3, 0.4) is 0 Å². The van der Waals surface area contributed by atoms with E-state index >= 15 is 0 Å². The van der Waals surface area contributed by atoms with Crippen molar-refractivity contribution in [2.45, 2.75) is 32.7 Å². The van der Waals surface area contributed by atoms with Gasteiger partial charge >= 0.3 is 5.97 Å². The summed E-state index contributed by atoms with van der Waals surface area (Å²) in [6, 6.07) is 7.85. The van der Waals surface area contributed by atoms with Gasteiger partial charge in [-0.3, -0.25) is 4.79 Å². The zero-order chi connectivity index (χ0) is 15.4. The van der Waals surface area contributed by atoms with Crippen LogP contribution in [0.1, 0.15) is 31.3 Å². The van der Waals surface area contributed by atoms with E-state index in [9.17, 15) is 9.90 Å². The molecule has 112 valence electrons. The zero-order valence-electron chi connectivity index (χ0n) is 12.0. The van der Waals surface area contributed by atoms with Crippen LogP contribution in [0.25, 0.3) is 0 Å². The molecule has 1 atom stereocenters. The molecule has 1 N–H and O–H groups in total. The number of hydrogen-bond donors (Lipinski definition) is 1. The van der Waals surface area contributed by atoms with E-state index < -0.39 is 11.9 Å². The second-order valence-electron chi connectivity index (χ2n) is 5.25. The summed E-state index contributed by atoms with van der Waals surface area (Å²) in [4.78, 5) is 15.8. The van der Waals surface area contributed by atoms with E-state index in [2.05, 4.69) is 26.0 Å². The number of benzene rings is 1. The Balaban J connectivity index is 2.19. The highest BCUT2D eigenvalue weighted by molar-refractivity contribution is 9.10. The Morgan fingerprint density at radius 3 is 2.67 bits per heavy atom. The van der Waals surface area contributed by atoms with E-state index in [1.165, 1.54) is 6.33 Å². The molecule has 6 heteroatoms. The van der Waals surface area contributed by atoms with Crippen molar-refractivity contribution in [2.24, 2.45) is 5.92 Å². The molecule has 21 heavy (non-hydrogen) atoms. The molecule has 0 aliphatic rings. The van der Waals surface area contributed by atoms with Gasteiger partial charge in [-0.15, -0.1) is 0 Å². The molecule has 0 aliphatic carbocycles. The quantitative estimate of drug-likeness (QED) is 0.867. The normalized spacial score (nSPS) is 12.6. The van der Waals surface area contributed by atoms with Gasteiger partial charge in [0.05, 0.1) is 5.92 Å². The molecule has 5 nitrogen and oxygen atoms in total. The first-order valence-corrected chi connectivity index (χ1v) is 7.63. The predicted molar refractivity (Wildman–Crippen MR) is 83.1 cm³/mol. The van der Waals surface area contributed by atoms with Crippen molar-refractivity contribution < 1.29 is 9.90 Å². The number of carboxylic acid groups (broad SMARTS) is 1. The predicted octanol–water partition coefficient (Wildman–Crippen LogP) is 3.11. The van der Waals surface area contributed by atoms with Crippen LogP contribution in [-0.4, -0.2) is 25.8 Å². The van der Waals surface area contributed by atoms with Crippen LogP contribution in [0.4, 0.5) is 0 Å². The first kappa shape index (κ1) is 15.7. The van der Waals surface area contributed by atoms with Gasteiger partial charge in [0, 0.05) is 16.9 Å². The smallest absolute Gasteiger partial charge is 0.307 e. The molecule has 2 aromatic rings. The van der Waals surface area contributed by atoms with Crippen LogP contribution in [0.5, 0.6) is 0 Å². The lowest BCUT2D eigenvalue weighted by Crippen LogP contribution is -2.22. The second kappa shape index (κ2) is 6.85. The lowest BCUT2D eigenvalue weighted by Gasteiger charge is -2.15. The minimum Gasteiger partial charge on any atom is -0.481 e. The van der Waals surface area contributed by atoms with Crippen LogP contribution >= 0.6 is 15.9 Å². The third kappa shape index (κ3) is 3.91. The standard InChI is InChI=1S/C15H18BrN3O2/c1-10(2)19-14(17-9-18-19)8-12(15(20)21)7-11-5-3-4-6-13(11)16/h3-6,9-10,12H,7-8H2,1-2H3,(H,20,21). The summed E-state index contributed by atoms with van der Waals surface area (Å²) < 4.78 is 2.71. The highest BCUT2D eigenvalue weighted by atomic mass is 79.9. The Hall–Kier alpha value is -1.69. The number of rotatable bonds is 6. The lowest BCUT2D eigenvalue weighted by molar-refractivity contribution is -0.141. The highest BCUT2D eigenvalue weighted by Crippen LogP contribution is 2.22. The summed E-state index contributed by atoms with van der Waals surface area (Å²) in [6.07, 6.45) is 2.31. The maximum absolute atomic E-state index is 11.5. The highest BCUT2D eigenvalue weighted by Gasteiger charge is 2.22. The molecule has 0 bridgehead atoms. The van der Waals surface area contributed by atoms with Gasteiger partial charge in [-0.25, -0.2) is 9.67 Å². The Kier molecular flexibility index (Phi) is 5.12. The summed E-state index contributed by atoms with van der Waals surface area (Å²) in [7, 11) is 0. The SMILES string of the molecule is CC(C)n1ncnc1CC(Cc1ccccc1Br)C(=O)O. The molecule has 1 aromatic heterocycles. The van der Waals surface area contributed by atoms with Crippen molar-refractivity contribution in [2.75, 3.05) is 0 Å². The van der Waals surface area contributed by atoms with E-state index in [-0.39, 0.29) is 6.04 Å². The monoisotopic (exact) mass is 351 g/mol. The average Bonchev–Trinajstić information content (AvgIpc) is 2.88. The third-order valence-electron chi connectivity index (χ3n) is 3.34. The largest absolute Gasteiger partial charge is 0.481 e. The van der Waals surface area contributed by atoms with Gasteiger partial charge in [-0.05, 0) is 31.9 Å². The molecule has 0 spiro atoms. The minimum absolute atomic E-state index is 0.167. The lowest BCUT2D eigenvalue weighted by atomic mass is 9.96. The van der Waals surface area contributed by atoms with Crippen molar-refractivity contribution in [1.82, 2.24) is 14.8 Å². The molecule has 0 amide bonds. The maximum atomic E-state index is 11.5. The van der Waals surface area contributed by atoms with Gasteiger partial charge in [0.2, 0.25) is 0 Å². The summed E-state index contributed by atoms with van der Waals surface area (Å²) in [5.74, 6) is -0.626. The fourth-order valence-electron chi connectivity index (χ4n) is 2.25. The van der Waals surface area contributed by atoms with Crippen molar-refractivity contribution >= 4 is 21.9 Å². The molecule has 0 radical (unpaired) electrons. The van der Waals surface area contributed by atoms with Crippen molar-refractivity contribution in [3.8, 4) is 0 Å². The van der Waals surface area contributed by atoms with E-state index in [0.29, 0.717) is 18.7 Å². The molecular weight excluding hydrogens is 334 g/mol. The Morgan fingerprint density at radius 2 is 2.05 bits per heavy atom. The van der Waals surface area contributed by atoms with Crippen molar-refractivity contribution in [3.63, 3.8) is 0 Å². The number of aromatic nitrogens is 3. The van der Waals surface area contributed by atoms with E-state index in [1.807, 2.05) is 38.1 Å². The molecule has 1 aromatic carbocycles. The number of aliphatic carboxylic acids is 1.